The van der Waals surface area contributed by atoms with E-state index in [4.69, 9.17) is 4.74 Å². The van der Waals surface area contributed by atoms with E-state index < -0.39 is 19.9 Å². The quantitative estimate of drug-likeness (QED) is 0.610. The molecule has 2 aromatic rings. The molecule has 0 amide bonds. The second kappa shape index (κ2) is 9.71. The highest BCUT2D eigenvalue weighted by atomic mass is 32.2. The molecule has 0 aliphatic heterocycles. The van der Waals surface area contributed by atoms with Gasteiger partial charge in [-0.1, -0.05) is 38.1 Å². The maximum Gasteiger partial charge on any atom is 0.241 e. The van der Waals surface area contributed by atoms with Gasteiger partial charge in [-0.15, -0.1) is 0 Å². The van der Waals surface area contributed by atoms with Crippen LogP contribution in [0.3, 0.4) is 0 Å². The summed E-state index contributed by atoms with van der Waals surface area (Å²) in [5.74, 6) is 0.685. The topological polar surface area (TPSA) is 92.8 Å². The Bertz CT molecular complexity index is 1030. The van der Waals surface area contributed by atoms with E-state index in [2.05, 4.69) is 9.62 Å². The Morgan fingerprint density at radius 2 is 1.59 bits per heavy atom. The number of hydrogen-bond acceptors (Lipinski definition) is 6. The lowest BCUT2D eigenvalue weighted by molar-refractivity contribution is 0.219. The monoisotopic (exact) mass is 440 g/mol. The van der Waals surface area contributed by atoms with Crippen LogP contribution in [0.4, 0.5) is 0 Å². The second-order valence-electron chi connectivity index (χ2n) is 6.58. The molecular formula is C20H28N2O5S2. The summed E-state index contributed by atoms with van der Waals surface area (Å²) in [7, 11) is -6.14. The molecule has 1 unspecified atom stereocenters. The average molecular weight is 441 g/mol. The highest BCUT2D eigenvalue weighted by Gasteiger charge is 2.26. The fourth-order valence-corrected chi connectivity index (χ4v) is 5.88. The molecule has 0 saturated heterocycles. The van der Waals surface area contributed by atoms with Crippen molar-refractivity contribution in [1.82, 2.24) is 9.62 Å². The zero-order chi connectivity index (χ0) is 21.7. The second-order valence-corrected chi connectivity index (χ2v) is 10.3. The molecule has 0 bridgehead atoms. The lowest BCUT2D eigenvalue weighted by Gasteiger charge is -2.30. The Morgan fingerprint density at radius 1 is 0.966 bits per heavy atom. The number of benzene rings is 2. The molecule has 2 aromatic carbocycles. The molecule has 9 heteroatoms. The standard InChI is InChI=1S/C20H28N2O5S2/c1-5-22(6-2)18(16-10-9-11-17(14-16)27-3)15-21-29(25,26)20-13-8-7-12-19(20)28(4,23)24/h7-14,18,21H,5-6,15H2,1-4H3. The SMILES string of the molecule is CCN(CC)C(CNS(=O)(=O)c1ccccc1S(C)(=O)=O)c1cccc(OC)c1. The molecule has 0 aliphatic rings. The fraction of sp³-hybridized carbons (Fsp3) is 0.400. The fourth-order valence-electron chi connectivity index (χ4n) is 3.22. The van der Waals surface area contributed by atoms with Gasteiger partial charge in [0, 0.05) is 18.8 Å². The maximum absolute atomic E-state index is 12.9. The molecular weight excluding hydrogens is 412 g/mol. The predicted octanol–water partition coefficient (Wildman–Crippen LogP) is 2.46. The van der Waals surface area contributed by atoms with Crippen molar-refractivity contribution in [2.24, 2.45) is 0 Å². The van der Waals surface area contributed by atoms with Crippen LogP contribution < -0.4 is 9.46 Å². The lowest BCUT2D eigenvalue weighted by Crippen LogP contribution is -2.38. The van der Waals surface area contributed by atoms with Crippen LogP contribution in [0.1, 0.15) is 25.5 Å². The van der Waals surface area contributed by atoms with Crippen molar-refractivity contribution in [3.63, 3.8) is 0 Å². The number of hydrogen-bond donors (Lipinski definition) is 1. The van der Waals surface area contributed by atoms with Gasteiger partial charge in [0.15, 0.2) is 9.84 Å². The summed E-state index contributed by atoms with van der Waals surface area (Å²) in [5, 5.41) is 0. The van der Waals surface area contributed by atoms with Gasteiger partial charge in [-0.3, -0.25) is 4.90 Å². The molecule has 29 heavy (non-hydrogen) atoms. The first kappa shape index (κ1) is 23.3. The van der Waals surface area contributed by atoms with Crippen LogP contribution in [0.25, 0.3) is 0 Å². The van der Waals surface area contributed by atoms with Gasteiger partial charge in [-0.25, -0.2) is 21.6 Å². The number of nitrogens with one attached hydrogen (secondary N) is 1. The minimum atomic E-state index is -4.03. The van der Waals surface area contributed by atoms with Crippen molar-refractivity contribution >= 4 is 19.9 Å². The Hall–Kier alpha value is -1.94. The highest BCUT2D eigenvalue weighted by molar-refractivity contribution is 7.93. The van der Waals surface area contributed by atoms with E-state index in [1.54, 1.807) is 7.11 Å². The number of rotatable bonds is 10. The van der Waals surface area contributed by atoms with Crippen molar-refractivity contribution < 1.29 is 21.6 Å². The molecule has 0 radical (unpaired) electrons. The van der Waals surface area contributed by atoms with Gasteiger partial charge in [0.05, 0.1) is 12.0 Å². The predicted molar refractivity (Wildman–Crippen MR) is 113 cm³/mol. The van der Waals surface area contributed by atoms with E-state index in [1.807, 2.05) is 38.1 Å². The Morgan fingerprint density at radius 3 is 2.14 bits per heavy atom. The molecule has 2 rings (SSSR count). The van der Waals surface area contributed by atoms with Crippen LogP contribution in [0, 0.1) is 0 Å². The summed E-state index contributed by atoms with van der Waals surface area (Å²) in [4.78, 5) is 1.67. The highest BCUT2D eigenvalue weighted by Crippen LogP contribution is 2.25. The van der Waals surface area contributed by atoms with E-state index in [0.717, 1.165) is 24.9 Å². The van der Waals surface area contributed by atoms with Gasteiger partial charge in [-0.2, -0.15) is 0 Å². The largest absolute Gasteiger partial charge is 0.497 e. The number of nitrogens with zero attached hydrogens (tertiary/aromatic N) is 1. The summed E-state index contributed by atoms with van der Waals surface area (Å²) in [6.07, 6.45) is 0.996. The minimum Gasteiger partial charge on any atom is -0.497 e. The van der Waals surface area contributed by atoms with E-state index in [1.165, 1.54) is 24.3 Å². The van der Waals surface area contributed by atoms with E-state index >= 15 is 0 Å². The van der Waals surface area contributed by atoms with Crippen LogP contribution in [-0.4, -0.2) is 54.7 Å². The van der Waals surface area contributed by atoms with Crippen LogP contribution in [0.2, 0.25) is 0 Å². The normalized spacial score (nSPS) is 13.4. The first-order chi connectivity index (χ1) is 13.6. The smallest absolute Gasteiger partial charge is 0.241 e. The third-order valence-electron chi connectivity index (χ3n) is 4.74. The number of sulfone groups is 1. The Kier molecular flexibility index (Phi) is 7.81. The molecule has 0 aliphatic carbocycles. The molecule has 0 spiro atoms. The Balaban J connectivity index is 2.38. The third kappa shape index (κ3) is 5.79. The van der Waals surface area contributed by atoms with Crippen molar-refractivity contribution in [2.45, 2.75) is 29.7 Å². The molecule has 0 heterocycles. The number of ether oxygens (including phenoxy) is 1. The van der Waals surface area contributed by atoms with Gasteiger partial charge in [0.25, 0.3) is 0 Å². The van der Waals surface area contributed by atoms with Crippen molar-refractivity contribution in [2.75, 3.05) is 33.0 Å². The van der Waals surface area contributed by atoms with Crippen molar-refractivity contribution in [3.05, 3.63) is 54.1 Å². The van der Waals surface area contributed by atoms with Gasteiger partial charge < -0.3 is 4.74 Å². The van der Waals surface area contributed by atoms with Crippen LogP contribution in [0.15, 0.2) is 58.3 Å². The third-order valence-corrected chi connectivity index (χ3v) is 7.50. The van der Waals surface area contributed by atoms with Gasteiger partial charge in [0.2, 0.25) is 10.0 Å². The molecule has 160 valence electrons. The van der Waals surface area contributed by atoms with E-state index in [-0.39, 0.29) is 22.4 Å². The van der Waals surface area contributed by atoms with Crippen LogP contribution >= 0.6 is 0 Å². The Labute approximate surface area is 173 Å². The molecule has 0 saturated carbocycles. The average Bonchev–Trinajstić information content (AvgIpc) is 2.70. The molecule has 0 fully saturated rings. The zero-order valence-corrected chi connectivity index (χ0v) is 18.8. The first-order valence-corrected chi connectivity index (χ1v) is 12.7. The van der Waals surface area contributed by atoms with E-state index in [9.17, 15) is 16.8 Å². The minimum absolute atomic E-state index is 0.0925. The summed E-state index contributed by atoms with van der Waals surface area (Å²) in [6, 6.07) is 12.9. The lowest BCUT2D eigenvalue weighted by atomic mass is 10.0. The molecule has 0 aromatic heterocycles. The number of methoxy groups -OCH3 is 1. The van der Waals surface area contributed by atoms with Crippen LogP contribution in [-0.2, 0) is 19.9 Å². The number of sulfonamides is 1. The van der Waals surface area contributed by atoms with Crippen molar-refractivity contribution in [3.8, 4) is 5.75 Å². The zero-order valence-electron chi connectivity index (χ0n) is 17.1. The molecule has 7 nitrogen and oxygen atoms in total. The first-order valence-electron chi connectivity index (χ1n) is 9.30. The summed E-state index contributed by atoms with van der Waals surface area (Å²) >= 11 is 0. The van der Waals surface area contributed by atoms with Crippen LogP contribution in [0.5, 0.6) is 5.75 Å². The van der Waals surface area contributed by atoms with E-state index in [0.29, 0.717) is 5.75 Å². The summed E-state index contributed by atoms with van der Waals surface area (Å²) < 4.78 is 57.8. The molecule has 1 N–H and O–H groups in total. The van der Waals surface area contributed by atoms with Gasteiger partial charge in [-0.05, 0) is 42.9 Å². The molecule has 1 atom stereocenters. The number of likely N-dealkylation sites (N-methyl/N-ethyl adjacent to an activating group) is 1. The summed E-state index contributed by atoms with van der Waals surface area (Å²) in [5.41, 5.74) is 0.909. The summed E-state index contributed by atoms with van der Waals surface area (Å²) in [6.45, 7) is 5.55. The van der Waals surface area contributed by atoms with Crippen molar-refractivity contribution in [1.29, 1.82) is 0 Å². The van der Waals surface area contributed by atoms with Gasteiger partial charge >= 0.3 is 0 Å². The van der Waals surface area contributed by atoms with Gasteiger partial charge in [0.1, 0.15) is 10.6 Å². The maximum atomic E-state index is 12.9.